The zero-order chi connectivity index (χ0) is 12.8. The van der Waals surface area contributed by atoms with E-state index in [9.17, 15) is 0 Å². The van der Waals surface area contributed by atoms with Gasteiger partial charge in [-0.3, -0.25) is 0 Å². The third-order valence-electron chi connectivity index (χ3n) is 2.91. The number of hydrogen-bond acceptors (Lipinski definition) is 3. The van der Waals surface area contributed by atoms with Crippen molar-refractivity contribution in [3.8, 4) is 11.5 Å². The molecule has 0 aliphatic heterocycles. The summed E-state index contributed by atoms with van der Waals surface area (Å²) < 4.78 is 11.6. The molecule has 1 aromatic carbocycles. The molecule has 0 spiro atoms. The van der Waals surface area contributed by atoms with Crippen LogP contribution in [0.4, 0.5) is 0 Å². The molecule has 17 heavy (non-hydrogen) atoms. The molecule has 0 aliphatic rings. The molecule has 1 unspecified atom stereocenters. The number of methoxy groups -OCH3 is 2. The van der Waals surface area contributed by atoms with Crippen LogP contribution < -0.4 is 14.8 Å². The number of aryl methyl sites for hydroxylation is 1. The van der Waals surface area contributed by atoms with Gasteiger partial charge >= 0.3 is 0 Å². The Labute approximate surface area is 112 Å². The second-order valence-electron chi connectivity index (χ2n) is 4.00. The highest BCUT2D eigenvalue weighted by atomic mass is 79.9. The largest absolute Gasteiger partial charge is 0.495 e. The molecule has 0 amide bonds. The standard InChI is InChI=1S/C13H20BrNO2/c1-9(15-2)5-6-10-7-8-11(16-3)12(14)13(10)17-4/h7-9,15H,5-6H2,1-4H3. The van der Waals surface area contributed by atoms with Gasteiger partial charge in [0.25, 0.3) is 0 Å². The molecule has 1 rings (SSSR count). The molecule has 96 valence electrons. The van der Waals surface area contributed by atoms with Gasteiger partial charge in [-0.25, -0.2) is 0 Å². The molecule has 1 N–H and O–H groups in total. The van der Waals surface area contributed by atoms with Gasteiger partial charge in [0.05, 0.1) is 14.2 Å². The van der Waals surface area contributed by atoms with Gasteiger partial charge in [-0.15, -0.1) is 0 Å². The average Bonchev–Trinajstić information content (AvgIpc) is 2.35. The van der Waals surface area contributed by atoms with Crippen molar-refractivity contribution < 1.29 is 9.47 Å². The Hall–Kier alpha value is -0.740. The predicted molar refractivity (Wildman–Crippen MR) is 74.1 cm³/mol. The highest BCUT2D eigenvalue weighted by Crippen LogP contribution is 2.37. The molecule has 0 aromatic heterocycles. The maximum absolute atomic E-state index is 5.44. The molecular formula is C13H20BrNO2. The molecule has 4 heteroatoms. The van der Waals surface area contributed by atoms with Crippen molar-refractivity contribution in [3.63, 3.8) is 0 Å². The van der Waals surface area contributed by atoms with E-state index in [-0.39, 0.29) is 0 Å². The van der Waals surface area contributed by atoms with Crippen LogP contribution in [0.15, 0.2) is 16.6 Å². The summed E-state index contributed by atoms with van der Waals surface area (Å²) in [4.78, 5) is 0. The molecule has 0 bridgehead atoms. The van der Waals surface area contributed by atoms with E-state index in [2.05, 4.69) is 34.2 Å². The Bertz CT molecular complexity index is 369. The quantitative estimate of drug-likeness (QED) is 0.876. The fourth-order valence-electron chi connectivity index (χ4n) is 1.67. The van der Waals surface area contributed by atoms with Crippen LogP contribution in [0, 0.1) is 0 Å². The predicted octanol–water partition coefficient (Wildman–Crippen LogP) is 3.01. The Kier molecular flexibility index (Phi) is 5.78. The van der Waals surface area contributed by atoms with Crippen molar-refractivity contribution in [3.05, 3.63) is 22.2 Å². The maximum atomic E-state index is 5.44. The van der Waals surface area contributed by atoms with Gasteiger partial charge in [0.2, 0.25) is 0 Å². The van der Waals surface area contributed by atoms with E-state index < -0.39 is 0 Å². The monoisotopic (exact) mass is 301 g/mol. The van der Waals surface area contributed by atoms with Gasteiger partial charge in [0.15, 0.2) is 0 Å². The summed E-state index contributed by atoms with van der Waals surface area (Å²) in [5.41, 5.74) is 1.20. The molecule has 0 heterocycles. The van der Waals surface area contributed by atoms with Crippen LogP contribution in [0.2, 0.25) is 0 Å². The van der Waals surface area contributed by atoms with Crippen LogP contribution in [-0.4, -0.2) is 27.3 Å². The number of halogens is 1. The highest BCUT2D eigenvalue weighted by molar-refractivity contribution is 9.10. The Morgan fingerprint density at radius 1 is 1.29 bits per heavy atom. The first kappa shape index (κ1) is 14.3. The number of rotatable bonds is 6. The first-order valence-electron chi connectivity index (χ1n) is 5.70. The van der Waals surface area contributed by atoms with Crippen molar-refractivity contribution in [2.75, 3.05) is 21.3 Å². The smallest absolute Gasteiger partial charge is 0.139 e. The average molecular weight is 302 g/mol. The lowest BCUT2D eigenvalue weighted by molar-refractivity contribution is 0.385. The molecule has 0 aliphatic carbocycles. The van der Waals surface area contributed by atoms with Crippen LogP contribution in [0.25, 0.3) is 0 Å². The number of ether oxygens (including phenoxy) is 2. The minimum Gasteiger partial charge on any atom is -0.495 e. The lowest BCUT2D eigenvalue weighted by Gasteiger charge is -2.15. The van der Waals surface area contributed by atoms with Crippen molar-refractivity contribution in [1.29, 1.82) is 0 Å². The van der Waals surface area contributed by atoms with Crippen LogP contribution in [0.1, 0.15) is 18.9 Å². The fourth-order valence-corrected chi connectivity index (χ4v) is 2.38. The second kappa shape index (κ2) is 6.87. The Morgan fingerprint density at radius 2 is 2.00 bits per heavy atom. The summed E-state index contributed by atoms with van der Waals surface area (Å²) in [6, 6.07) is 4.53. The first-order chi connectivity index (χ1) is 8.13. The molecule has 1 aromatic rings. The van der Waals surface area contributed by atoms with Gasteiger partial charge < -0.3 is 14.8 Å². The fraction of sp³-hybridized carbons (Fsp3) is 0.538. The highest BCUT2D eigenvalue weighted by Gasteiger charge is 2.13. The third kappa shape index (κ3) is 3.61. The number of hydrogen-bond donors (Lipinski definition) is 1. The lowest BCUT2D eigenvalue weighted by atomic mass is 10.0. The molecule has 1 atom stereocenters. The van der Waals surface area contributed by atoms with Crippen LogP contribution in [-0.2, 0) is 6.42 Å². The van der Waals surface area contributed by atoms with Gasteiger partial charge in [-0.2, -0.15) is 0 Å². The number of nitrogens with one attached hydrogen (secondary N) is 1. The molecular weight excluding hydrogens is 282 g/mol. The summed E-state index contributed by atoms with van der Waals surface area (Å²) in [6.45, 7) is 2.17. The SMILES string of the molecule is CNC(C)CCc1ccc(OC)c(Br)c1OC. The van der Waals surface area contributed by atoms with Gasteiger partial charge in [-0.1, -0.05) is 6.07 Å². The zero-order valence-corrected chi connectivity index (χ0v) is 12.4. The van der Waals surface area contributed by atoms with Crippen LogP contribution >= 0.6 is 15.9 Å². The lowest BCUT2D eigenvalue weighted by Crippen LogP contribution is -2.21. The Morgan fingerprint density at radius 3 is 2.53 bits per heavy atom. The van der Waals surface area contributed by atoms with Gasteiger partial charge in [0.1, 0.15) is 16.0 Å². The van der Waals surface area contributed by atoms with E-state index in [0.29, 0.717) is 6.04 Å². The Balaban J connectivity index is 2.88. The van der Waals surface area contributed by atoms with Crippen LogP contribution in [0.3, 0.4) is 0 Å². The van der Waals surface area contributed by atoms with Crippen molar-refractivity contribution in [2.24, 2.45) is 0 Å². The van der Waals surface area contributed by atoms with Crippen LogP contribution in [0.5, 0.6) is 11.5 Å². The number of benzene rings is 1. The summed E-state index contributed by atoms with van der Waals surface area (Å²) in [5.74, 6) is 1.67. The zero-order valence-electron chi connectivity index (χ0n) is 10.8. The normalized spacial score (nSPS) is 12.3. The summed E-state index contributed by atoms with van der Waals surface area (Å²) in [6.07, 6.45) is 2.05. The van der Waals surface area contributed by atoms with E-state index >= 15 is 0 Å². The summed E-state index contributed by atoms with van der Waals surface area (Å²) >= 11 is 3.51. The molecule has 0 fully saturated rings. The summed E-state index contributed by atoms with van der Waals surface area (Å²) in [5, 5.41) is 3.23. The first-order valence-corrected chi connectivity index (χ1v) is 6.50. The third-order valence-corrected chi connectivity index (χ3v) is 3.66. The topological polar surface area (TPSA) is 30.5 Å². The van der Waals surface area contributed by atoms with Gasteiger partial charge in [0, 0.05) is 6.04 Å². The second-order valence-corrected chi connectivity index (χ2v) is 4.80. The van der Waals surface area contributed by atoms with Crippen molar-refractivity contribution >= 4 is 15.9 Å². The minimum absolute atomic E-state index is 0.501. The van der Waals surface area contributed by atoms with Crippen molar-refractivity contribution in [2.45, 2.75) is 25.8 Å². The molecule has 0 saturated heterocycles. The molecule has 0 saturated carbocycles. The van der Waals surface area contributed by atoms with E-state index in [1.54, 1.807) is 14.2 Å². The van der Waals surface area contributed by atoms with Gasteiger partial charge in [-0.05, 0) is 54.4 Å². The molecule has 3 nitrogen and oxygen atoms in total. The minimum atomic E-state index is 0.501. The maximum Gasteiger partial charge on any atom is 0.139 e. The van der Waals surface area contributed by atoms with E-state index in [0.717, 1.165) is 28.8 Å². The summed E-state index contributed by atoms with van der Waals surface area (Å²) in [7, 11) is 5.32. The van der Waals surface area contributed by atoms with E-state index in [1.807, 2.05) is 13.1 Å². The van der Waals surface area contributed by atoms with E-state index in [1.165, 1.54) is 5.56 Å². The molecule has 0 radical (unpaired) electrons. The van der Waals surface area contributed by atoms with Crippen molar-refractivity contribution in [1.82, 2.24) is 5.32 Å². The van der Waals surface area contributed by atoms with E-state index in [4.69, 9.17) is 9.47 Å².